The van der Waals surface area contributed by atoms with Gasteiger partial charge in [0.2, 0.25) is 5.91 Å². The number of aromatic nitrogens is 2. The lowest BCUT2D eigenvalue weighted by molar-refractivity contribution is -0.124. The maximum atomic E-state index is 13.2. The number of aromatic amines is 1. The molecule has 3 heterocycles. The standard InChI is InChI=1S/C20H19ClN4O4S2/c21-14-5-2-1-4-13(14)12-22-20(27)16-6-3-11-25(16)31(28,29)19-10-8-17(30-19)15-7-9-18(26)24-23-15/h1-2,4-5,7-10,16H,3,6,11-12H2,(H,22,27)(H,24,26). The van der Waals surface area contributed by atoms with Crippen molar-refractivity contribution in [2.24, 2.45) is 0 Å². The van der Waals surface area contributed by atoms with Gasteiger partial charge < -0.3 is 5.32 Å². The van der Waals surface area contributed by atoms with Crippen LogP contribution >= 0.6 is 22.9 Å². The molecule has 0 bridgehead atoms. The Labute approximate surface area is 187 Å². The second-order valence-corrected chi connectivity index (χ2v) is 10.6. The summed E-state index contributed by atoms with van der Waals surface area (Å²) in [5.41, 5.74) is 0.901. The zero-order valence-corrected chi connectivity index (χ0v) is 18.6. The highest BCUT2D eigenvalue weighted by Crippen LogP contribution is 2.34. The smallest absolute Gasteiger partial charge is 0.264 e. The largest absolute Gasteiger partial charge is 0.351 e. The van der Waals surface area contributed by atoms with Crippen LogP contribution in [0.2, 0.25) is 5.02 Å². The third-order valence-electron chi connectivity index (χ3n) is 4.99. The van der Waals surface area contributed by atoms with Gasteiger partial charge in [0.05, 0.1) is 4.88 Å². The van der Waals surface area contributed by atoms with Crippen molar-refractivity contribution in [3.63, 3.8) is 0 Å². The van der Waals surface area contributed by atoms with Crippen LogP contribution in [0.4, 0.5) is 0 Å². The number of benzene rings is 1. The van der Waals surface area contributed by atoms with Crippen molar-refractivity contribution in [3.8, 4) is 10.6 Å². The van der Waals surface area contributed by atoms with Crippen molar-refractivity contribution in [1.82, 2.24) is 19.8 Å². The van der Waals surface area contributed by atoms with Crippen molar-refractivity contribution in [1.29, 1.82) is 0 Å². The molecule has 1 unspecified atom stereocenters. The molecule has 1 amide bonds. The van der Waals surface area contributed by atoms with Gasteiger partial charge in [-0.3, -0.25) is 9.59 Å². The first-order valence-electron chi connectivity index (χ1n) is 9.55. The molecule has 1 atom stereocenters. The van der Waals surface area contributed by atoms with Gasteiger partial charge in [-0.1, -0.05) is 29.8 Å². The van der Waals surface area contributed by atoms with E-state index < -0.39 is 16.1 Å². The summed E-state index contributed by atoms with van der Waals surface area (Å²) >= 11 is 7.18. The summed E-state index contributed by atoms with van der Waals surface area (Å²) in [5, 5.41) is 9.61. The zero-order chi connectivity index (χ0) is 22.0. The van der Waals surface area contributed by atoms with Crippen LogP contribution in [0.1, 0.15) is 18.4 Å². The van der Waals surface area contributed by atoms with Gasteiger partial charge in [-0.15, -0.1) is 11.3 Å². The van der Waals surface area contributed by atoms with Gasteiger partial charge in [0.1, 0.15) is 15.9 Å². The fourth-order valence-electron chi connectivity index (χ4n) is 3.43. The molecule has 1 aliphatic rings. The lowest BCUT2D eigenvalue weighted by Gasteiger charge is -2.22. The van der Waals surface area contributed by atoms with Crippen LogP contribution in [0.25, 0.3) is 10.6 Å². The number of H-pyrrole nitrogens is 1. The van der Waals surface area contributed by atoms with Crippen molar-refractivity contribution >= 4 is 38.9 Å². The molecule has 31 heavy (non-hydrogen) atoms. The number of carbonyl (C=O) groups excluding carboxylic acids is 1. The summed E-state index contributed by atoms with van der Waals surface area (Å²) in [6.45, 7) is 0.501. The van der Waals surface area contributed by atoms with Gasteiger partial charge in [-0.05, 0) is 42.7 Å². The summed E-state index contributed by atoms with van der Waals surface area (Å²) < 4.78 is 27.8. The molecule has 11 heteroatoms. The normalized spacial score (nSPS) is 17.0. The van der Waals surface area contributed by atoms with Crippen LogP contribution in [0.5, 0.6) is 0 Å². The molecule has 3 aromatic rings. The summed E-state index contributed by atoms with van der Waals surface area (Å²) in [4.78, 5) is 24.6. The second-order valence-electron chi connectivity index (χ2n) is 7.01. The Kier molecular flexibility index (Phi) is 6.24. The fourth-order valence-corrected chi connectivity index (χ4v) is 6.69. The average Bonchev–Trinajstić information content (AvgIpc) is 3.44. The zero-order valence-electron chi connectivity index (χ0n) is 16.2. The van der Waals surface area contributed by atoms with E-state index in [1.165, 1.54) is 22.5 Å². The van der Waals surface area contributed by atoms with Crippen LogP contribution in [-0.2, 0) is 21.4 Å². The highest BCUT2D eigenvalue weighted by molar-refractivity contribution is 7.91. The minimum absolute atomic E-state index is 0.126. The lowest BCUT2D eigenvalue weighted by atomic mass is 10.2. The van der Waals surface area contributed by atoms with Crippen molar-refractivity contribution in [3.05, 3.63) is 69.5 Å². The van der Waals surface area contributed by atoms with E-state index in [9.17, 15) is 18.0 Å². The molecule has 0 saturated carbocycles. The van der Waals surface area contributed by atoms with Crippen LogP contribution in [-0.4, -0.2) is 41.4 Å². The SMILES string of the molecule is O=C(NCc1ccccc1Cl)C1CCCN1S(=O)(=O)c1ccc(-c2ccc(=O)[nH]n2)s1. The van der Waals surface area contributed by atoms with Gasteiger partial charge in [0.25, 0.3) is 15.6 Å². The van der Waals surface area contributed by atoms with E-state index in [2.05, 4.69) is 15.5 Å². The number of hydrogen-bond donors (Lipinski definition) is 2. The van der Waals surface area contributed by atoms with Gasteiger partial charge >= 0.3 is 0 Å². The highest BCUT2D eigenvalue weighted by Gasteiger charge is 2.40. The first-order chi connectivity index (χ1) is 14.9. The number of carbonyl (C=O) groups is 1. The van der Waals surface area contributed by atoms with E-state index in [-0.39, 0.29) is 28.8 Å². The first kappa shape index (κ1) is 21.7. The molecular weight excluding hydrogens is 460 g/mol. The maximum absolute atomic E-state index is 13.2. The average molecular weight is 479 g/mol. The molecule has 1 aliphatic heterocycles. The molecular formula is C20H19ClN4O4S2. The molecule has 0 aliphatic carbocycles. The summed E-state index contributed by atoms with van der Waals surface area (Å²) in [6.07, 6.45) is 1.05. The van der Waals surface area contributed by atoms with Crippen molar-refractivity contribution in [2.75, 3.05) is 6.54 Å². The van der Waals surface area contributed by atoms with Gasteiger partial charge in [0.15, 0.2) is 0 Å². The first-order valence-corrected chi connectivity index (χ1v) is 12.2. The quantitative estimate of drug-likeness (QED) is 0.565. The summed E-state index contributed by atoms with van der Waals surface area (Å²) in [6, 6.07) is 12.4. The van der Waals surface area contributed by atoms with Crippen molar-refractivity contribution in [2.45, 2.75) is 29.6 Å². The minimum Gasteiger partial charge on any atom is -0.351 e. The van der Waals surface area contributed by atoms with Crippen LogP contribution < -0.4 is 10.9 Å². The fraction of sp³-hybridized carbons (Fsp3) is 0.250. The molecule has 1 saturated heterocycles. The van der Waals surface area contributed by atoms with E-state index in [4.69, 9.17) is 11.6 Å². The number of hydrogen-bond acceptors (Lipinski definition) is 6. The van der Waals surface area contributed by atoms with Crippen LogP contribution in [0.3, 0.4) is 0 Å². The topological polar surface area (TPSA) is 112 Å². The predicted molar refractivity (Wildman–Crippen MR) is 118 cm³/mol. The molecule has 162 valence electrons. The lowest BCUT2D eigenvalue weighted by Crippen LogP contribution is -2.45. The second kappa shape index (κ2) is 8.91. The number of sulfonamides is 1. The molecule has 2 N–H and O–H groups in total. The number of halogens is 1. The van der Waals surface area contributed by atoms with E-state index >= 15 is 0 Å². The molecule has 1 fully saturated rings. The molecule has 0 radical (unpaired) electrons. The number of thiophene rings is 1. The van der Waals surface area contributed by atoms with Gasteiger partial charge in [-0.2, -0.15) is 9.40 Å². The summed E-state index contributed by atoms with van der Waals surface area (Å²) in [5.74, 6) is -0.347. The monoisotopic (exact) mass is 478 g/mol. The van der Waals surface area contributed by atoms with E-state index in [1.807, 2.05) is 12.1 Å². The number of rotatable bonds is 6. The third-order valence-corrected chi connectivity index (χ3v) is 8.85. The van der Waals surface area contributed by atoms with E-state index in [0.29, 0.717) is 28.4 Å². The molecule has 0 spiro atoms. The number of nitrogens with zero attached hydrogens (tertiary/aromatic N) is 2. The Balaban J connectivity index is 1.51. The third kappa shape index (κ3) is 4.57. The van der Waals surface area contributed by atoms with Crippen molar-refractivity contribution < 1.29 is 13.2 Å². The van der Waals surface area contributed by atoms with Crippen LogP contribution in [0.15, 0.2) is 57.5 Å². The Hall–Kier alpha value is -2.53. The Bertz CT molecular complexity index is 1250. The Morgan fingerprint density at radius 2 is 2.03 bits per heavy atom. The van der Waals surface area contributed by atoms with Crippen LogP contribution in [0, 0.1) is 0 Å². The van der Waals surface area contributed by atoms with Gasteiger partial charge in [0, 0.05) is 24.2 Å². The maximum Gasteiger partial charge on any atom is 0.264 e. The molecule has 4 rings (SSSR count). The predicted octanol–water partition coefficient (Wildman–Crippen LogP) is 2.62. The van der Waals surface area contributed by atoms with E-state index in [0.717, 1.165) is 16.9 Å². The molecule has 1 aromatic carbocycles. The summed E-state index contributed by atoms with van der Waals surface area (Å²) in [7, 11) is -3.85. The number of amides is 1. The Morgan fingerprint density at radius 1 is 1.23 bits per heavy atom. The molecule has 2 aromatic heterocycles. The number of nitrogens with one attached hydrogen (secondary N) is 2. The highest BCUT2D eigenvalue weighted by atomic mass is 35.5. The molecule has 8 nitrogen and oxygen atoms in total. The minimum atomic E-state index is -3.85. The van der Waals surface area contributed by atoms with Gasteiger partial charge in [-0.25, -0.2) is 13.5 Å². The van der Waals surface area contributed by atoms with E-state index in [1.54, 1.807) is 18.2 Å². The Morgan fingerprint density at radius 3 is 2.77 bits per heavy atom.